The predicted molar refractivity (Wildman–Crippen MR) is 51.0 cm³/mol. The normalized spacial score (nSPS) is 10.9. The minimum atomic E-state index is -0.591. The van der Waals surface area contributed by atoms with E-state index in [1.165, 1.54) is 6.07 Å². The smallest absolute Gasteiger partial charge is 0.165 e. The second kappa shape index (κ2) is 4.62. The monoisotopic (exact) mass is 181 g/mol. The first-order valence-corrected chi connectivity index (χ1v) is 4.04. The third-order valence-electron chi connectivity index (χ3n) is 1.64. The van der Waals surface area contributed by atoms with Gasteiger partial charge in [0.15, 0.2) is 11.6 Å². The van der Waals surface area contributed by atoms with Gasteiger partial charge in [0.05, 0.1) is 0 Å². The minimum Gasteiger partial charge on any atom is -0.504 e. The van der Waals surface area contributed by atoms with E-state index in [0.717, 1.165) is 0 Å². The van der Waals surface area contributed by atoms with Crippen molar-refractivity contribution in [3.63, 3.8) is 0 Å². The molecule has 0 atom stereocenters. The molecule has 0 aliphatic heterocycles. The minimum absolute atomic E-state index is 0.296. The maximum absolute atomic E-state index is 12.8. The van der Waals surface area contributed by atoms with Crippen molar-refractivity contribution in [2.75, 3.05) is 13.6 Å². The Kier molecular flexibility index (Phi) is 3.46. The molecule has 1 rings (SSSR count). The molecule has 1 aromatic rings. The number of halogens is 1. The van der Waals surface area contributed by atoms with Crippen LogP contribution in [-0.2, 0) is 0 Å². The molecule has 0 unspecified atom stereocenters. The number of hydrogen-bond donors (Lipinski definition) is 2. The lowest BCUT2D eigenvalue weighted by Gasteiger charge is -1.99. The van der Waals surface area contributed by atoms with E-state index < -0.39 is 5.82 Å². The van der Waals surface area contributed by atoms with Crippen LogP contribution >= 0.6 is 0 Å². The molecule has 1 aromatic carbocycles. The third-order valence-corrected chi connectivity index (χ3v) is 1.64. The van der Waals surface area contributed by atoms with Gasteiger partial charge in [0.1, 0.15) is 0 Å². The number of phenolic OH excluding ortho intramolecular Hbond substituents is 1. The lowest BCUT2D eigenvalue weighted by atomic mass is 10.2. The fourth-order valence-electron chi connectivity index (χ4n) is 0.970. The Hall–Kier alpha value is -1.35. The molecule has 13 heavy (non-hydrogen) atoms. The highest BCUT2D eigenvalue weighted by Crippen LogP contribution is 2.21. The van der Waals surface area contributed by atoms with Gasteiger partial charge in [-0.05, 0) is 13.1 Å². The number of aromatic hydroxyl groups is 1. The van der Waals surface area contributed by atoms with Gasteiger partial charge < -0.3 is 10.4 Å². The molecule has 0 aromatic heterocycles. The zero-order valence-corrected chi connectivity index (χ0v) is 7.42. The Bertz CT molecular complexity index is 310. The van der Waals surface area contributed by atoms with Gasteiger partial charge in [0.2, 0.25) is 0 Å². The lowest BCUT2D eigenvalue weighted by Crippen LogP contribution is -2.03. The summed E-state index contributed by atoms with van der Waals surface area (Å²) < 4.78 is 12.8. The largest absolute Gasteiger partial charge is 0.504 e. The van der Waals surface area contributed by atoms with Crippen LogP contribution in [0.3, 0.4) is 0 Å². The van der Waals surface area contributed by atoms with Crippen LogP contribution in [0.1, 0.15) is 5.56 Å². The van der Waals surface area contributed by atoms with Crippen LogP contribution in [0.4, 0.5) is 4.39 Å². The number of nitrogens with one attached hydrogen (secondary N) is 1. The third kappa shape index (κ3) is 2.56. The van der Waals surface area contributed by atoms with Gasteiger partial charge in [0, 0.05) is 12.1 Å². The molecule has 70 valence electrons. The quantitative estimate of drug-likeness (QED) is 0.744. The average Bonchev–Trinajstić information content (AvgIpc) is 2.13. The zero-order chi connectivity index (χ0) is 9.68. The molecule has 0 aliphatic rings. The van der Waals surface area contributed by atoms with Crippen molar-refractivity contribution in [1.82, 2.24) is 5.32 Å². The van der Waals surface area contributed by atoms with E-state index >= 15 is 0 Å². The maximum Gasteiger partial charge on any atom is 0.165 e. The predicted octanol–water partition coefficient (Wildman–Crippen LogP) is 1.76. The van der Waals surface area contributed by atoms with Gasteiger partial charge in [-0.1, -0.05) is 24.3 Å². The van der Waals surface area contributed by atoms with Crippen LogP contribution in [0.5, 0.6) is 5.75 Å². The van der Waals surface area contributed by atoms with Crippen LogP contribution in [-0.4, -0.2) is 18.7 Å². The van der Waals surface area contributed by atoms with E-state index in [9.17, 15) is 9.50 Å². The molecule has 0 spiro atoms. The van der Waals surface area contributed by atoms with Gasteiger partial charge in [-0.3, -0.25) is 0 Å². The Morgan fingerprint density at radius 2 is 2.31 bits per heavy atom. The lowest BCUT2D eigenvalue weighted by molar-refractivity contribution is 0.431. The maximum atomic E-state index is 12.8. The SMILES string of the molecule is CNCC=Cc1cccc(F)c1O. The van der Waals surface area contributed by atoms with Gasteiger partial charge in [-0.25, -0.2) is 4.39 Å². The molecule has 0 saturated heterocycles. The molecule has 0 amide bonds. The number of phenols is 1. The van der Waals surface area contributed by atoms with Gasteiger partial charge in [0.25, 0.3) is 0 Å². The van der Waals surface area contributed by atoms with Crippen molar-refractivity contribution in [1.29, 1.82) is 0 Å². The van der Waals surface area contributed by atoms with Gasteiger partial charge in [-0.15, -0.1) is 0 Å². The van der Waals surface area contributed by atoms with E-state index in [0.29, 0.717) is 12.1 Å². The highest BCUT2D eigenvalue weighted by molar-refractivity contribution is 5.57. The van der Waals surface area contributed by atoms with E-state index in [1.54, 1.807) is 18.2 Å². The highest BCUT2D eigenvalue weighted by atomic mass is 19.1. The van der Waals surface area contributed by atoms with Crippen LogP contribution in [0.2, 0.25) is 0 Å². The Labute approximate surface area is 76.7 Å². The summed E-state index contributed by atoms with van der Waals surface area (Å²) in [6.45, 7) is 0.690. The van der Waals surface area contributed by atoms with E-state index in [-0.39, 0.29) is 5.75 Å². The first-order chi connectivity index (χ1) is 6.25. The zero-order valence-electron chi connectivity index (χ0n) is 7.42. The molecule has 3 heteroatoms. The molecule has 2 N–H and O–H groups in total. The Balaban J connectivity index is 2.83. The van der Waals surface area contributed by atoms with Crippen molar-refractivity contribution in [2.45, 2.75) is 0 Å². The molecular weight excluding hydrogens is 169 g/mol. The first-order valence-electron chi connectivity index (χ1n) is 4.04. The molecule has 0 aliphatic carbocycles. The van der Waals surface area contributed by atoms with E-state index in [1.807, 2.05) is 13.1 Å². The fourth-order valence-corrected chi connectivity index (χ4v) is 0.970. The highest BCUT2D eigenvalue weighted by Gasteiger charge is 2.01. The number of benzene rings is 1. The standard InChI is InChI=1S/C10H12FNO/c1-12-7-3-5-8-4-2-6-9(11)10(8)13/h2-6,12-13H,7H2,1H3. The first kappa shape index (κ1) is 9.74. The summed E-state index contributed by atoms with van der Waals surface area (Å²) in [4.78, 5) is 0. The molecule has 0 fully saturated rings. The summed E-state index contributed by atoms with van der Waals surface area (Å²) in [6.07, 6.45) is 3.49. The summed E-state index contributed by atoms with van der Waals surface area (Å²) >= 11 is 0. The van der Waals surface area contributed by atoms with Crippen molar-refractivity contribution in [3.8, 4) is 5.75 Å². The molecule has 0 heterocycles. The molecule has 0 bridgehead atoms. The summed E-state index contributed by atoms with van der Waals surface area (Å²) in [5.41, 5.74) is 0.496. The van der Waals surface area contributed by atoms with Gasteiger partial charge >= 0.3 is 0 Å². The van der Waals surface area contributed by atoms with Crippen molar-refractivity contribution in [3.05, 3.63) is 35.7 Å². The van der Waals surface area contributed by atoms with Crippen LogP contribution in [0.15, 0.2) is 24.3 Å². The summed E-state index contributed by atoms with van der Waals surface area (Å²) in [5.74, 6) is -0.888. The number of rotatable bonds is 3. The average molecular weight is 181 g/mol. The number of likely N-dealkylation sites (N-methyl/N-ethyl adjacent to an activating group) is 1. The molecule has 0 radical (unpaired) electrons. The molecule has 2 nitrogen and oxygen atoms in total. The van der Waals surface area contributed by atoms with Crippen LogP contribution < -0.4 is 5.32 Å². The Morgan fingerprint density at radius 3 is 3.00 bits per heavy atom. The van der Waals surface area contributed by atoms with E-state index in [4.69, 9.17) is 0 Å². The Morgan fingerprint density at radius 1 is 1.54 bits per heavy atom. The van der Waals surface area contributed by atoms with Crippen LogP contribution in [0.25, 0.3) is 6.08 Å². The molecular formula is C10H12FNO. The van der Waals surface area contributed by atoms with Crippen LogP contribution in [0, 0.1) is 5.82 Å². The fraction of sp³-hybridized carbons (Fsp3) is 0.200. The number of hydrogen-bond acceptors (Lipinski definition) is 2. The summed E-state index contributed by atoms with van der Waals surface area (Å²) in [6, 6.07) is 4.45. The van der Waals surface area contributed by atoms with E-state index in [2.05, 4.69) is 5.32 Å². The second-order valence-corrected chi connectivity index (χ2v) is 2.64. The summed E-state index contributed by atoms with van der Waals surface area (Å²) in [5, 5.41) is 12.2. The second-order valence-electron chi connectivity index (χ2n) is 2.64. The number of para-hydroxylation sites is 1. The van der Waals surface area contributed by atoms with Crippen molar-refractivity contribution >= 4 is 6.08 Å². The van der Waals surface area contributed by atoms with Gasteiger partial charge in [-0.2, -0.15) is 0 Å². The van der Waals surface area contributed by atoms with Crippen molar-refractivity contribution in [2.24, 2.45) is 0 Å². The van der Waals surface area contributed by atoms with Crippen molar-refractivity contribution < 1.29 is 9.50 Å². The molecule has 0 saturated carbocycles. The summed E-state index contributed by atoms with van der Waals surface area (Å²) in [7, 11) is 1.82. The topological polar surface area (TPSA) is 32.3 Å².